The molecule has 9 heteroatoms. The van der Waals surface area contributed by atoms with E-state index in [1.807, 2.05) is 0 Å². The second kappa shape index (κ2) is 7.22. The first-order chi connectivity index (χ1) is 11.8. The first kappa shape index (κ1) is 18.6. The minimum Gasteiger partial charge on any atom is -0.375 e. The van der Waals surface area contributed by atoms with E-state index >= 15 is 0 Å². The number of benzene rings is 1. The van der Waals surface area contributed by atoms with Crippen molar-refractivity contribution < 1.29 is 26.3 Å². The number of halogens is 3. The largest absolute Gasteiger partial charge is 0.416 e. The summed E-state index contributed by atoms with van der Waals surface area (Å²) in [6, 6.07) is 5.08. The quantitative estimate of drug-likeness (QED) is 0.808. The molecule has 140 valence electrons. The van der Waals surface area contributed by atoms with Gasteiger partial charge in [-0.05, 0) is 30.9 Å². The summed E-state index contributed by atoms with van der Waals surface area (Å²) in [5.74, 6) is 0. The Morgan fingerprint density at radius 2 is 1.84 bits per heavy atom. The Kier molecular flexibility index (Phi) is 5.38. The summed E-state index contributed by atoms with van der Waals surface area (Å²) in [4.78, 5) is 0. The van der Waals surface area contributed by atoms with Crippen LogP contribution in [0.4, 0.5) is 13.2 Å². The van der Waals surface area contributed by atoms with E-state index in [1.165, 1.54) is 14.7 Å². The van der Waals surface area contributed by atoms with Gasteiger partial charge in [0.05, 0.1) is 18.3 Å². The van der Waals surface area contributed by atoms with E-state index in [0.717, 1.165) is 25.0 Å². The Labute approximate surface area is 145 Å². The van der Waals surface area contributed by atoms with Crippen molar-refractivity contribution in [3.05, 3.63) is 35.4 Å². The summed E-state index contributed by atoms with van der Waals surface area (Å²) in [5.41, 5.74) is -0.220. The second-order valence-electron chi connectivity index (χ2n) is 6.37. The molecule has 1 atom stereocenters. The van der Waals surface area contributed by atoms with Crippen LogP contribution in [0.25, 0.3) is 0 Å². The molecule has 0 amide bonds. The number of nitrogens with zero attached hydrogens (tertiary/aromatic N) is 2. The molecule has 0 saturated carbocycles. The molecule has 3 rings (SSSR count). The van der Waals surface area contributed by atoms with Gasteiger partial charge in [0.2, 0.25) is 0 Å². The van der Waals surface area contributed by atoms with Gasteiger partial charge in [-0.2, -0.15) is 30.2 Å². The summed E-state index contributed by atoms with van der Waals surface area (Å²) in [6.07, 6.45) is -2.88. The first-order valence-corrected chi connectivity index (χ1v) is 9.69. The van der Waals surface area contributed by atoms with Gasteiger partial charge in [0, 0.05) is 26.2 Å². The molecular weight excluding hydrogens is 357 g/mol. The molecule has 0 aliphatic carbocycles. The molecule has 2 fully saturated rings. The van der Waals surface area contributed by atoms with Gasteiger partial charge in [-0.25, -0.2) is 0 Å². The van der Waals surface area contributed by atoms with E-state index in [0.29, 0.717) is 18.7 Å². The van der Waals surface area contributed by atoms with Crippen LogP contribution in [0.15, 0.2) is 24.3 Å². The highest BCUT2D eigenvalue weighted by molar-refractivity contribution is 7.86. The molecular formula is C16H21F3N2O3S. The van der Waals surface area contributed by atoms with Crippen LogP contribution in [-0.4, -0.2) is 55.9 Å². The maximum Gasteiger partial charge on any atom is 0.416 e. The van der Waals surface area contributed by atoms with Crippen molar-refractivity contribution in [1.82, 2.24) is 8.61 Å². The molecule has 5 nitrogen and oxygen atoms in total. The molecule has 0 bridgehead atoms. The van der Waals surface area contributed by atoms with E-state index in [1.54, 1.807) is 6.07 Å². The summed E-state index contributed by atoms with van der Waals surface area (Å²) < 4.78 is 72.1. The van der Waals surface area contributed by atoms with Crippen LogP contribution in [-0.2, 0) is 27.5 Å². The van der Waals surface area contributed by atoms with Gasteiger partial charge in [0.25, 0.3) is 10.2 Å². The van der Waals surface area contributed by atoms with Crippen molar-refractivity contribution in [3.8, 4) is 0 Å². The first-order valence-electron chi connectivity index (χ1n) is 8.30. The zero-order valence-electron chi connectivity index (χ0n) is 13.7. The molecule has 1 unspecified atom stereocenters. The fraction of sp³-hybridized carbons (Fsp3) is 0.625. The lowest BCUT2D eigenvalue weighted by atomic mass is 10.0. The highest BCUT2D eigenvalue weighted by atomic mass is 32.2. The average Bonchev–Trinajstić information content (AvgIpc) is 3.10. The minimum atomic E-state index is -4.39. The molecule has 0 spiro atoms. The molecule has 2 aliphatic heterocycles. The van der Waals surface area contributed by atoms with Gasteiger partial charge in [-0.3, -0.25) is 0 Å². The highest BCUT2D eigenvalue weighted by Crippen LogP contribution is 2.30. The normalized spacial score (nSPS) is 23.9. The molecule has 0 aromatic heterocycles. The van der Waals surface area contributed by atoms with Crippen LogP contribution in [0.5, 0.6) is 0 Å². The summed E-state index contributed by atoms with van der Waals surface area (Å²) >= 11 is 0. The molecule has 2 aliphatic rings. The molecule has 0 radical (unpaired) electrons. The molecule has 1 aromatic rings. The third-order valence-electron chi connectivity index (χ3n) is 4.54. The Morgan fingerprint density at radius 1 is 1.12 bits per heavy atom. The number of alkyl halides is 3. The zero-order chi connectivity index (χ0) is 18.1. The van der Waals surface area contributed by atoms with Crippen molar-refractivity contribution >= 4 is 10.2 Å². The van der Waals surface area contributed by atoms with E-state index in [2.05, 4.69) is 0 Å². The Bertz CT molecular complexity index is 703. The Morgan fingerprint density at radius 3 is 2.52 bits per heavy atom. The van der Waals surface area contributed by atoms with Crippen LogP contribution in [0, 0.1) is 0 Å². The molecule has 1 aromatic carbocycles. The molecule has 2 heterocycles. The van der Waals surface area contributed by atoms with Crippen LogP contribution >= 0.6 is 0 Å². The summed E-state index contributed by atoms with van der Waals surface area (Å²) in [5, 5.41) is 0. The SMILES string of the molecule is O=S(=O)(N1CCCC1)N1CCOC(Cc2cccc(C(F)(F)F)c2)C1. The maximum atomic E-state index is 12.8. The summed E-state index contributed by atoms with van der Waals surface area (Å²) in [7, 11) is -3.51. The highest BCUT2D eigenvalue weighted by Gasteiger charge is 2.35. The number of hydrogen-bond donors (Lipinski definition) is 0. The number of rotatable bonds is 4. The molecule has 25 heavy (non-hydrogen) atoms. The standard InChI is InChI=1S/C16H21F3N2O3S/c17-16(18,19)14-5-3-4-13(10-14)11-15-12-21(8-9-24-15)25(22,23)20-6-1-2-7-20/h3-5,10,15H,1-2,6-9,11-12H2. The van der Waals surface area contributed by atoms with Gasteiger partial charge in [-0.1, -0.05) is 18.2 Å². The van der Waals surface area contributed by atoms with Crippen LogP contribution in [0.2, 0.25) is 0 Å². The van der Waals surface area contributed by atoms with Crippen LogP contribution in [0.3, 0.4) is 0 Å². The van der Waals surface area contributed by atoms with Crippen molar-refractivity contribution in [2.24, 2.45) is 0 Å². The number of ether oxygens (including phenoxy) is 1. The van der Waals surface area contributed by atoms with Crippen molar-refractivity contribution in [1.29, 1.82) is 0 Å². The Hall–Kier alpha value is -1.16. The lowest BCUT2D eigenvalue weighted by Gasteiger charge is -2.34. The minimum absolute atomic E-state index is 0.162. The van der Waals surface area contributed by atoms with Gasteiger partial charge in [0.1, 0.15) is 0 Å². The van der Waals surface area contributed by atoms with Gasteiger partial charge >= 0.3 is 6.18 Å². The van der Waals surface area contributed by atoms with E-state index in [-0.39, 0.29) is 26.1 Å². The maximum absolute atomic E-state index is 12.8. The lowest BCUT2D eigenvalue weighted by molar-refractivity contribution is -0.137. The number of hydrogen-bond acceptors (Lipinski definition) is 3. The van der Waals surface area contributed by atoms with Gasteiger partial charge in [-0.15, -0.1) is 0 Å². The fourth-order valence-electron chi connectivity index (χ4n) is 3.24. The second-order valence-corrected chi connectivity index (χ2v) is 8.30. The topological polar surface area (TPSA) is 49.9 Å². The van der Waals surface area contributed by atoms with E-state index in [4.69, 9.17) is 4.74 Å². The third-order valence-corrected chi connectivity index (χ3v) is 6.54. The van der Waals surface area contributed by atoms with Gasteiger partial charge in [0.15, 0.2) is 0 Å². The van der Waals surface area contributed by atoms with Crippen molar-refractivity contribution in [3.63, 3.8) is 0 Å². The zero-order valence-corrected chi connectivity index (χ0v) is 14.5. The molecule has 2 saturated heterocycles. The molecule has 0 N–H and O–H groups in total. The monoisotopic (exact) mass is 378 g/mol. The lowest BCUT2D eigenvalue weighted by Crippen LogP contribution is -2.51. The summed E-state index contributed by atoms with van der Waals surface area (Å²) in [6.45, 7) is 1.74. The van der Waals surface area contributed by atoms with Crippen molar-refractivity contribution in [2.45, 2.75) is 31.5 Å². The predicted octanol–water partition coefficient (Wildman–Crippen LogP) is 2.29. The van der Waals surface area contributed by atoms with E-state index in [9.17, 15) is 21.6 Å². The van der Waals surface area contributed by atoms with Crippen molar-refractivity contribution in [2.75, 3.05) is 32.8 Å². The fourth-order valence-corrected chi connectivity index (χ4v) is 4.95. The van der Waals surface area contributed by atoms with E-state index < -0.39 is 28.1 Å². The third kappa shape index (κ3) is 4.33. The smallest absolute Gasteiger partial charge is 0.375 e. The Balaban J connectivity index is 1.68. The number of morpholine rings is 1. The van der Waals surface area contributed by atoms with Gasteiger partial charge < -0.3 is 4.74 Å². The predicted molar refractivity (Wildman–Crippen MR) is 86.2 cm³/mol. The average molecular weight is 378 g/mol. The van der Waals surface area contributed by atoms with Crippen LogP contribution < -0.4 is 0 Å². The van der Waals surface area contributed by atoms with Crippen LogP contribution in [0.1, 0.15) is 24.0 Å².